The molecule has 7 aromatic carbocycles. The monoisotopic (exact) mass is 865 g/mol. The number of hydrogen-bond acceptors (Lipinski definition) is 2. The standard InChI is InChI=1S/C63H69BN2/c1-40-34-56-58-57(35-40)66(53-30-26-43(60(5,6)7)36-48(53)47-23-19-18-22-46(47)41-20-16-15-17-21-41)55-39-50-49(62(11,12)32-33-63(50,13)14)38-52(55)64(58)51-37-44(61(8,9)10)27-31-54(51)65(56)45-28-24-42(25-29-45)59(2,3)4/h15-31,34-39H,32-33H2,1-14H3. The largest absolute Gasteiger partial charge is 0.311 e. The van der Waals surface area contributed by atoms with Crippen LogP contribution in [-0.2, 0) is 27.1 Å². The van der Waals surface area contributed by atoms with Crippen LogP contribution in [0.4, 0.5) is 34.1 Å². The van der Waals surface area contributed by atoms with Crippen molar-refractivity contribution in [3.8, 4) is 22.3 Å². The molecule has 0 amide bonds. The minimum absolute atomic E-state index is 0.0220. The van der Waals surface area contributed by atoms with E-state index in [2.05, 4.69) is 246 Å². The zero-order chi connectivity index (χ0) is 46.9. The van der Waals surface area contributed by atoms with Crippen molar-refractivity contribution in [1.82, 2.24) is 0 Å². The highest BCUT2D eigenvalue weighted by Gasteiger charge is 2.47. The summed E-state index contributed by atoms with van der Waals surface area (Å²) >= 11 is 0. The second-order valence-corrected chi connectivity index (χ2v) is 24.3. The van der Waals surface area contributed by atoms with Gasteiger partial charge in [-0.25, -0.2) is 0 Å². The van der Waals surface area contributed by atoms with E-state index in [1.807, 2.05) is 0 Å². The lowest BCUT2D eigenvalue weighted by Gasteiger charge is -2.48. The van der Waals surface area contributed by atoms with Crippen LogP contribution >= 0.6 is 0 Å². The summed E-state index contributed by atoms with van der Waals surface area (Å²) in [5.41, 5.74) is 24.9. The van der Waals surface area contributed by atoms with E-state index in [9.17, 15) is 0 Å². The molecular weight excluding hydrogens is 796 g/mol. The highest BCUT2D eigenvalue weighted by Crippen LogP contribution is 2.52. The van der Waals surface area contributed by atoms with Gasteiger partial charge in [-0.15, -0.1) is 0 Å². The molecule has 0 N–H and O–H groups in total. The Hall–Kier alpha value is -5.80. The van der Waals surface area contributed by atoms with E-state index in [1.165, 1.54) is 113 Å². The number of rotatable bonds is 4. The molecule has 2 aliphatic heterocycles. The van der Waals surface area contributed by atoms with Gasteiger partial charge in [0.2, 0.25) is 0 Å². The first-order chi connectivity index (χ1) is 31.0. The zero-order valence-corrected chi connectivity index (χ0v) is 42.2. The van der Waals surface area contributed by atoms with Crippen molar-refractivity contribution in [1.29, 1.82) is 0 Å². The van der Waals surface area contributed by atoms with E-state index in [4.69, 9.17) is 0 Å². The molecule has 2 heterocycles. The maximum atomic E-state index is 2.69. The fourth-order valence-corrected chi connectivity index (χ4v) is 11.3. The molecule has 3 heteroatoms. The van der Waals surface area contributed by atoms with Gasteiger partial charge >= 0.3 is 0 Å². The van der Waals surface area contributed by atoms with E-state index in [0.29, 0.717) is 0 Å². The lowest BCUT2D eigenvalue weighted by molar-refractivity contribution is 0.332. The SMILES string of the molecule is Cc1cc2c3c(c1)N(c1ccc(C(C)(C)C)cc1-c1ccccc1-c1ccccc1)c1cc4c(cc1B3c1cc(C(C)(C)C)ccc1N2c1ccc(C(C)(C)C)cc1)C(C)(C)CCC4(C)C. The quantitative estimate of drug-likeness (QED) is 0.163. The van der Waals surface area contributed by atoms with Crippen molar-refractivity contribution in [3.63, 3.8) is 0 Å². The lowest BCUT2D eigenvalue weighted by atomic mass is 9.33. The van der Waals surface area contributed by atoms with Crippen molar-refractivity contribution >= 4 is 57.2 Å². The summed E-state index contributed by atoms with van der Waals surface area (Å²) in [5.74, 6) is 0. The third kappa shape index (κ3) is 7.24. The van der Waals surface area contributed by atoms with Gasteiger partial charge in [-0.1, -0.05) is 181 Å². The first-order valence-electron chi connectivity index (χ1n) is 24.5. The normalized spacial score (nSPS) is 16.1. The molecule has 334 valence electrons. The van der Waals surface area contributed by atoms with Crippen LogP contribution in [-0.4, -0.2) is 6.71 Å². The number of anilines is 6. The average molecular weight is 865 g/mol. The molecule has 0 fully saturated rings. The molecule has 0 saturated carbocycles. The molecule has 3 aliphatic rings. The molecule has 7 aromatic rings. The second-order valence-electron chi connectivity index (χ2n) is 24.3. The molecule has 0 atom stereocenters. The van der Waals surface area contributed by atoms with Gasteiger partial charge in [0.15, 0.2) is 0 Å². The highest BCUT2D eigenvalue weighted by molar-refractivity contribution is 7.00. The minimum atomic E-state index is -0.0471. The molecule has 0 spiro atoms. The van der Waals surface area contributed by atoms with Crippen molar-refractivity contribution in [2.24, 2.45) is 0 Å². The maximum Gasteiger partial charge on any atom is 0.252 e. The van der Waals surface area contributed by atoms with Crippen molar-refractivity contribution in [3.05, 3.63) is 173 Å². The van der Waals surface area contributed by atoms with Crippen LogP contribution in [0.5, 0.6) is 0 Å². The number of nitrogens with zero attached hydrogens (tertiary/aromatic N) is 2. The van der Waals surface area contributed by atoms with E-state index in [0.717, 1.165) is 6.42 Å². The second kappa shape index (κ2) is 15.1. The molecule has 1 aliphatic carbocycles. The summed E-state index contributed by atoms with van der Waals surface area (Å²) in [6.45, 7) is 33.3. The van der Waals surface area contributed by atoms with Crippen LogP contribution in [0.2, 0.25) is 0 Å². The Morgan fingerprint density at radius 1 is 0.424 bits per heavy atom. The van der Waals surface area contributed by atoms with E-state index in [1.54, 1.807) is 0 Å². The smallest absolute Gasteiger partial charge is 0.252 e. The van der Waals surface area contributed by atoms with Gasteiger partial charge in [0, 0.05) is 34.0 Å². The predicted molar refractivity (Wildman–Crippen MR) is 287 cm³/mol. The first kappa shape index (κ1) is 44.1. The van der Waals surface area contributed by atoms with Crippen LogP contribution in [0, 0.1) is 6.92 Å². The number of aryl methyl sites for hydroxylation is 1. The van der Waals surface area contributed by atoms with Gasteiger partial charge in [0.25, 0.3) is 6.71 Å². The Labute approximate surface area is 397 Å². The van der Waals surface area contributed by atoms with E-state index < -0.39 is 0 Å². The van der Waals surface area contributed by atoms with Crippen LogP contribution in [0.15, 0.2) is 140 Å². The molecule has 2 nitrogen and oxygen atoms in total. The number of hydrogen-bond donors (Lipinski definition) is 0. The Kier molecular flexibility index (Phi) is 10.1. The third-order valence-electron chi connectivity index (χ3n) is 15.4. The summed E-state index contributed by atoms with van der Waals surface area (Å²) < 4.78 is 0. The van der Waals surface area contributed by atoms with Crippen LogP contribution in [0.3, 0.4) is 0 Å². The minimum Gasteiger partial charge on any atom is -0.311 e. The molecule has 0 radical (unpaired) electrons. The summed E-state index contributed by atoms with van der Waals surface area (Å²) in [7, 11) is 0. The predicted octanol–water partition coefficient (Wildman–Crippen LogP) is 15.7. The molecule has 0 bridgehead atoms. The number of benzene rings is 7. The molecular formula is C63H69BN2. The average Bonchev–Trinajstić information content (AvgIpc) is 3.26. The summed E-state index contributed by atoms with van der Waals surface area (Å²) in [4.78, 5) is 5.28. The van der Waals surface area contributed by atoms with Crippen LogP contribution in [0.1, 0.15) is 136 Å². The fraction of sp³-hybridized carbons (Fsp3) is 0.333. The fourth-order valence-electron chi connectivity index (χ4n) is 11.3. The Balaban J connectivity index is 1.35. The van der Waals surface area contributed by atoms with Crippen LogP contribution in [0.25, 0.3) is 22.3 Å². The van der Waals surface area contributed by atoms with Gasteiger partial charge in [-0.2, -0.15) is 0 Å². The van der Waals surface area contributed by atoms with Crippen LogP contribution < -0.4 is 26.2 Å². The summed E-state index contributed by atoms with van der Waals surface area (Å²) in [6, 6.07) is 54.4. The molecule has 0 saturated heterocycles. The first-order valence-corrected chi connectivity index (χ1v) is 24.5. The third-order valence-corrected chi connectivity index (χ3v) is 15.4. The molecule has 66 heavy (non-hydrogen) atoms. The molecule has 10 rings (SSSR count). The molecule has 0 aromatic heterocycles. The van der Waals surface area contributed by atoms with E-state index >= 15 is 0 Å². The highest BCUT2D eigenvalue weighted by atomic mass is 15.2. The number of fused-ring (bicyclic) bond motifs is 5. The topological polar surface area (TPSA) is 6.48 Å². The van der Waals surface area contributed by atoms with Gasteiger partial charge in [-0.3, -0.25) is 0 Å². The van der Waals surface area contributed by atoms with Gasteiger partial charge < -0.3 is 9.80 Å². The van der Waals surface area contributed by atoms with Crippen molar-refractivity contribution < 1.29 is 0 Å². The van der Waals surface area contributed by atoms with Gasteiger partial charge in [0.05, 0.1) is 5.69 Å². The van der Waals surface area contributed by atoms with E-state index in [-0.39, 0.29) is 33.8 Å². The maximum absolute atomic E-state index is 2.69. The Bertz CT molecular complexity index is 3040. The Morgan fingerprint density at radius 2 is 0.924 bits per heavy atom. The molecule has 0 unspecified atom stereocenters. The summed E-state index contributed by atoms with van der Waals surface area (Å²) in [5, 5.41) is 0. The van der Waals surface area contributed by atoms with Gasteiger partial charge in [-0.05, 0) is 162 Å². The van der Waals surface area contributed by atoms with Crippen molar-refractivity contribution in [2.75, 3.05) is 9.80 Å². The van der Waals surface area contributed by atoms with Crippen molar-refractivity contribution in [2.45, 2.75) is 137 Å². The summed E-state index contributed by atoms with van der Waals surface area (Å²) in [6.07, 6.45) is 2.32. The lowest BCUT2D eigenvalue weighted by Crippen LogP contribution is -2.62. The Morgan fingerprint density at radius 3 is 1.53 bits per heavy atom. The van der Waals surface area contributed by atoms with Gasteiger partial charge in [0.1, 0.15) is 0 Å². The zero-order valence-electron chi connectivity index (χ0n) is 42.2.